The molecule has 0 aromatic heterocycles. The summed E-state index contributed by atoms with van der Waals surface area (Å²) in [5.41, 5.74) is 5.08. The molecule has 2 atom stereocenters. The van der Waals surface area contributed by atoms with Gasteiger partial charge in [-0.05, 0) is 6.92 Å². The van der Waals surface area contributed by atoms with Crippen molar-refractivity contribution in [3.8, 4) is 11.8 Å². The van der Waals surface area contributed by atoms with Crippen LogP contribution in [0.2, 0.25) is 0 Å². The Labute approximate surface area is 93.0 Å². The van der Waals surface area contributed by atoms with Crippen LogP contribution < -0.4 is 16.4 Å². The highest BCUT2D eigenvalue weighted by molar-refractivity contribution is 5.78. The Bertz CT molecular complexity index is 308. The molecule has 0 aliphatic carbocycles. The summed E-state index contributed by atoms with van der Waals surface area (Å²) in [5, 5.41) is 22.3. The van der Waals surface area contributed by atoms with Crippen LogP contribution in [-0.2, 0) is 4.79 Å². The van der Waals surface area contributed by atoms with Gasteiger partial charge < -0.3 is 26.6 Å². The van der Waals surface area contributed by atoms with Gasteiger partial charge in [-0.3, -0.25) is 4.79 Å². The van der Waals surface area contributed by atoms with E-state index in [-0.39, 0.29) is 13.1 Å². The van der Waals surface area contributed by atoms with Crippen molar-refractivity contribution in [3.05, 3.63) is 0 Å². The summed E-state index contributed by atoms with van der Waals surface area (Å²) in [5.74, 6) is 4.39. The van der Waals surface area contributed by atoms with E-state index in [4.69, 9.17) is 10.8 Å². The maximum absolute atomic E-state index is 11.0. The second-order valence-electron chi connectivity index (χ2n) is 2.90. The predicted octanol–water partition coefficient (Wildman–Crippen LogP) is -1.92. The maximum Gasteiger partial charge on any atom is 0.404 e. The lowest BCUT2D eigenvalue weighted by Gasteiger charge is -2.20. The quantitative estimate of drug-likeness (QED) is 0.351. The number of amides is 2. The molecule has 0 unspecified atom stereocenters. The van der Waals surface area contributed by atoms with E-state index in [9.17, 15) is 14.7 Å². The Kier molecular flexibility index (Phi) is 6.67. The molecule has 0 spiro atoms. The molecule has 16 heavy (non-hydrogen) atoms. The zero-order chi connectivity index (χ0) is 12.6. The molecule has 0 rings (SSSR count). The number of hydrogen-bond donors (Lipinski definition) is 5. The van der Waals surface area contributed by atoms with Crippen LogP contribution in [0.1, 0.15) is 6.92 Å². The van der Waals surface area contributed by atoms with E-state index >= 15 is 0 Å². The Morgan fingerprint density at radius 3 is 2.56 bits per heavy atom. The summed E-state index contributed by atoms with van der Waals surface area (Å²) in [6.45, 7) is 1.14. The van der Waals surface area contributed by atoms with Gasteiger partial charge in [-0.1, -0.05) is 5.92 Å². The average Bonchev–Trinajstić information content (AvgIpc) is 2.23. The highest BCUT2D eigenvalue weighted by Gasteiger charge is 2.19. The Morgan fingerprint density at radius 2 is 2.12 bits per heavy atom. The molecule has 0 radical (unpaired) electrons. The van der Waals surface area contributed by atoms with Gasteiger partial charge in [0.2, 0.25) is 5.91 Å². The van der Waals surface area contributed by atoms with Crippen molar-refractivity contribution < 1.29 is 19.8 Å². The maximum atomic E-state index is 11.0. The first-order valence-corrected chi connectivity index (χ1v) is 4.57. The second kappa shape index (κ2) is 7.50. The van der Waals surface area contributed by atoms with Crippen molar-refractivity contribution in [3.63, 3.8) is 0 Å². The van der Waals surface area contributed by atoms with E-state index in [1.165, 1.54) is 6.92 Å². The SMILES string of the molecule is CC#C[C@H](O)[C@H](CNC(=O)O)NC(=O)CN. The van der Waals surface area contributed by atoms with Crippen LogP contribution >= 0.6 is 0 Å². The average molecular weight is 229 g/mol. The number of carbonyl (C=O) groups is 2. The lowest BCUT2D eigenvalue weighted by molar-refractivity contribution is -0.121. The summed E-state index contributed by atoms with van der Waals surface area (Å²) in [7, 11) is 0. The fourth-order valence-corrected chi connectivity index (χ4v) is 0.953. The molecular weight excluding hydrogens is 214 g/mol. The first-order valence-electron chi connectivity index (χ1n) is 4.57. The van der Waals surface area contributed by atoms with Gasteiger partial charge in [-0.15, -0.1) is 5.92 Å². The van der Waals surface area contributed by atoms with E-state index in [2.05, 4.69) is 17.2 Å². The summed E-state index contributed by atoms with van der Waals surface area (Å²) >= 11 is 0. The van der Waals surface area contributed by atoms with Gasteiger partial charge in [0.05, 0.1) is 12.6 Å². The molecule has 6 N–H and O–H groups in total. The van der Waals surface area contributed by atoms with Gasteiger partial charge in [0.1, 0.15) is 6.10 Å². The van der Waals surface area contributed by atoms with Crippen LogP contribution in [0.25, 0.3) is 0 Å². The van der Waals surface area contributed by atoms with Crippen LogP contribution in [-0.4, -0.2) is 47.4 Å². The highest BCUT2D eigenvalue weighted by Crippen LogP contribution is 1.91. The number of aliphatic hydroxyl groups excluding tert-OH is 1. The zero-order valence-electron chi connectivity index (χ0n) is 8.86. The number of hydrogen-bond acceptors (Lipinski definition) is 4. The molecule has 7 heteroatoms. The van der Waals surface area contributed by atoms with Gasteiger partial charge in [-0.2, -0.15) is 0 Å². The van der Waals surface area contributed by atoms with Gasteiger partial charge in [-0.25, -0.2) is 4.79 Å². The van der Waals surface area contributed by atoms with E-state index < -0.39 is 24.1 Å². The van der Waals surface area contributed by atoms with Crippen molar-refractivity contribution in [2.75, 3.05) is 13.1 Å². The van der Waals surface area contributed by atoms with E-state index in [0.717, 1.165) is 0 Å². The monoisotopic (exact) mass is 229 g/mol. The first-order chi connectivity index (χ1) is 7.51. The van der Waals surface area contributed by atoms with Crippen molar-refractivity contribution in [2.24, 2.45) is 5.73 Å². The molecule has 0 aromatic carbocycles. The molecular formula is C9H15N3O4. The summed E-state index contributed by atoms with van der Waals surface area (Å²) < 4.78 is 0. The molecule has 2 amide bonds. The fraction of sp³-hybridized carbons (Fsp3) is 0.556. The normalized spacial score (nSPS) is 12.9. The molecule has 0 bridgehead atoms. The van der Waals surface area contributed by atoms with Gasteiger partial charge >= 0.3 is 6.09 Å². The lowest BCUT2D eigenvalue weighted by Crippen LogP contribution is -2.51. The van der Waals surface area contributed by atoms with Gasteiger partial charge in [0.15, 0.2) is 0 Å². The largest absolute Gasteiger partial charge is 0.465 e. The molecule has 7 nitrogen and oxygen atoms in total. The third-order valence-corrected chi connectivity index (χ3v) is 1.68. The summed E-state index contributed by atoms with van der Waals surface area (Å²) in [6.07, 6.45) is -2.39. The molecule has 90 valence electrons. The van der Waals surface area contributed by atoms with Crippen molar-refractivity contribution in [1.29, 1.82) is 0 Å². The minimum atomic E-state index is -1.25. The number of nitrogens with two attached hydrogens (primary N) is 1. The molecule has 0 heterocycles. The molecule has 0 fully saturated rings. The number of rotatable bonds is 5. The molecule has 0 saturated carbocycles. The molecule has 0 aliphatic heterocycles. The number of nitrogens with one attached hydrogen (secondary N) is 2. The topological polar surface area (TPSA) is 125 Å². The Balaban J connectivity index is 4.40. The van der Waals surface area contributed by atoms with Crippen LogP contribution in [0.3, 0.4) is 0 Å². The molecule has 0 saturated heterocycles. The smallest absolute Gasteiger partial charge is 0.404 e. The molecule has 0 aromatic rings. The third kappa shape index (κ3) is 5.85. The first kappa shape index (κ1) is 14.2. The lowest BCUT2D eigenvalue weighted by atomic mass is 10.1. The highest BCUT2D eigenvalue weighted by atomic mass is 16.4. The number of carbonyl (C=O) groups excluding carboxylic acids is 1. The Morgan fingerprint density at radius 1 is 1.50 bits per heavy atom. The van der Waals surface area contributed by atoms with Crippen LogP contribution in [0.5, 0.6) is 0 Å². The third-order valence-electron chi connectivity index (χ3n) is 1.68. The molecule has 0 aliphatic rings. The fourth-order valence-electron chi connectivity index (χ4n) is 0.953. The van der Waals surface area contributed by atoms with E-state index in [1.54, 1.807) is 0 Å². The van der Waals surface area contributed by atoms with Gasteiger partial charge in [0, 0.05) is 6.54 Å². The zero-order valence-corrected chi connectivity index (χ0v) is 8.86. The van der Waals surface area contributed by atoms with Crippen LogP contribution in [0.4, 0.5) is 4.79 Å². The predicted molar refractivity (Wildman–Crippen MR) is 56.5 cm³/mol. The van der Waals surface area contributed by atoms with E-state index in [1.807, 2.05) is 5.32 Å². The number of aliphatic hydroxyl groups is 1. The van der Waals surface area contributed by atoms with E-state index in [0.29, 0.717) is 0 Å². The standard InChI is InChI=1S/C9H15N3O4/c1-2-3-7(13)6(5-11-9(15)16)12-8(14)4-10/h6-7,11,13H,4-5,10H2,1H3,(H,12,14)(H,15,16)/t6-,7-/m0/s1. The minimum Gasteiger partial charge on any atom is -0.465 e. The van der Waals surface area contributed by atoms with Crippen LogP contribution in [0.15, 0.2) is 0 Å². The summed E-state index contributed by atoms with van der Waals surface area (Å²) in [4.78, 5) is 21.3. The van der Waals surface area contributed by atoms with Crippen molar-refractivity contribution in [2.45, 2.75) is 19.1 Å². The van der Waals surface area contributed by atoms with Crippen LogP contribution in [0, 0.1) is 11.8 Å². The van der Waals surface area contributed by atoms with Crippen molar-refractivity contribution in [1.82, 2.24) is 10.6 Å². The second-order valence-corrected chi connectivity index (χ2v) is 2.90. The van der Waals surface area contributed by atoms with Gasteiger partial charge in [0.25, 0.3) is 0 Å². The minimum absolute atomic E-state index is 0.142. The Hall–Kier alpha value is -1.78. The summed E-state index contributed by atoms with van der Waals surface area (Å²) in [6, 6.07) is -0.820. The van der Waals surface area contributed by atoms with Crippen molar-refractivity contribution >= 4 is 12.0 Å². The number of carboxylic acid groups (broad SMARTS) is 1.